The van der Waals surface area contributed by atoms with Crippen molar-refractivity contribution in [1.29, 1.82) is 0 Å². The lowest BCUT2D eigenvalue weighted by molar-refractivity contribution is -0.120. The van der Waals surface area contributed by atoms with Crippen molar-refractivity contribution in [1.82, 2.24) is 0 Å². The van der Waals surface area contributed by atoms with Crippen molar-refractivity contribution in [2.75, 3.05) is 19.8 Å². The molecule has 0 spiro atoms. The third-order valence-electron chi connectivity index (χ3n) is 3.96. The summed E-state index contributed by atoms with van der Waals surface area (Å²) in [6, 6.07) is 0. The zero-order valence-corrected chi connectivity index (χ0v) is 11.8. The van der Waals surface area contributed by atoms with Gasteiger partial charge in [-0.15, -0.1) is 0 Å². The molecular formula is C15H29NO2. The molecule has 2 N–H and O–H groups in total. The molecule has 3 nitrogen and oxygen atoms in total. The van der Waals surface area contributed by atoms with Crippen LogP contribution in [0.2, 0.25) is 0 Å². The standard InChI is InChI=1S/C15H29NO2/c1-2-3-13(6-9-16)4-5-15(17)12-14-7-10-18-11-8-14/h13-14H,2-12,16H2,1H3. The quantitative estimate of drug-likeness (QED) is 0.689. The summed E-state index contributed by atoms with van der Waals surface area (Å²) in [5, 5.41) is 0. The lowest BCUT2D eigenvalue weighted by atomic mass is 9.89. The van der Waals surface area contributed by atoms with Crippen LogP contribution >= 0.6 is 0 Å². The number of rotatable bonds is 9. The van der Waals surface area contributed by atoms with Gasteiger partial charge in [-0.25, -0.2) is 0 Å². The van der Waals surface area contributed by atoms with Gasteiger partial charge in [-0.1, -0.05) is 19.8 Å². The Labute approximate surface area is 111 Å². The molecule has 1 rings (SSSR count). The molecule has 0 amide bonds. The second-order valence-corrected chi connectivity index (χ2v) is 5.57. The van der Waals surface area contributed by atoms with Gasteiger partial charge in [0.1, 0.15) is 5.78 Å². The highest BCUT2D eigenvalue weighted by Crippen LogP contribution is 2.22. The van der Waals surface area contributed by atoms with Crippen LogP contribution in [0.1, 0.15) is 58.3 Å². The molecule has 0 aliphatic carbocycles. The van der Waals surface area contributed by atoms with Gasteiger partial charge in [-0.3, -0.25) is 4.79 Å². The van der Waals surface area contributed by atoms with Crippen molar-refractivity contribution >= 4 is 5.78 Å². The second kappa shape index (κ2) is 9.51. The number of carbonyl (C=O) groups is 1. The number of ether oxygens (including phenoxy) is 1. The molecule has 0 saturated carbocycles. The van der Waals surface area contributed by atoms with E-state index in [4.69, 9.17) is 10.5 Å². The molecule has 3 heteroatoms. The Morgan fingerprint density at radius 2 is 2.00 bits per heavy atom. The van der Waals surface area contributed by atoms with Gasteiger partial charge in [0, 0.05) is 26.1 Å². The van der Waals surface area contributed by atoms with Crippen LogP contribution in [0, 0.1) is 11.8 Å². The molecule has 1 heterocycles. The van der Waals surface area contributed by atoms with E-state index in [1.54, 1.807) is 0 Å². The zero-order valence-electron chi connectivity index (χ0n) is 11.8. The van der Waals surface area contributed by atoms with Gasteiger partial charge in [0.15, 0.2) is 0 Å². The molecule has 1 fully saturated rings. The van der Waals surface area contributed by atoms with E-state index in [1.165, 1.54) is 12.8 Å². The second-order valence-electron chi connectivity index (χ2n) is 5.57. The highest BCUT2D eigenvalue weighted by molar-refractivity contribution is 5.78. The SMILES string of the molecule is CCCC(CCN)CCC(=O)CC1CCOCC1. The summed E-state index contributed by atoms with van der Waals surface area (Å²) >= 11 is 0. The minimum absolute atomic E-state index is 0.444. The van der Waals surface area contributed by atoms with Crippen molar-refractivity contribution in [3.8, 4) is 0 Å². The smallest absolute Gasteiger partial charge is 0.133 e. The Kier molecular flexibility index (Phi) is 8.27. The van der Waals surface area contributed by atoms with Crippen LogP contribution in [0.3, 0.4) is 0 Å². The fourth-order valence-electron chi connectivity index (χ4n) is 2.82. The predicted molar refractivity (Wildman–Crippen MR) is 74.5 cm³/mol. The fraction of sp³-hybridized carbons (Fsp3) is 0.933. The van der Waals surface area contributed by atoms with Crippen LogP contribution in [0.4, 0.5) is 0 Å². The molecule has 1 aliphatic rings. The summed E-state index contributed by atoms with van der Waals surface area (Å²) in [7, 11) is 0. The number of hydrogen-bond donors (Lipinski definition) is 1. The van der Waals surface area contributed by atoms with E-state index in [2.05, 4.69) is 6.92 Å². The van der Waals surface area contributed by atoms with Crippen LogP contribution in [-0.4, -0.2) is 25.5 Å². The maximum atomic E-state index is 12.0. The Hall–Kier alpha value is -0.410. The summed E-state index contributed by atoms with van der Waals surface area (Å²) in [5.41, 5.74) is 5.62. The van der Waals surface area contributed by atoms with Crippen LogP contribution < -0.4 is 5.73 Å². The normalized spacial score (nSPS) is 18.8. The van der Waals surface area contributed by atoms with Crippen LogP contribution in [-0.2, 0) is 9.53 Å². The zero-order chi connectivity index (χ0) is 13.2. The Bertz CT molecular complexity index is 219. The third-order valence-corrected chi connectivity index (χ3v) is 3.96. The topological polar surface area (TPSA) is 52.3 Å². The van der Waals surface area contributed by atoms with Crippen molar-refractivity contribution in [3.63, 3.8) is 0 Å². The average molecular weight is 255 g/mol. The van der Waals surface area contributed by atoms with Gasteiger partial charge in [0.25, 0.3) is 0 Å². The van der Waals surface area contributed by atoms with Crippen molar-refractivity contribution in [2.24, 2.45) is 17.6 Å². The van der Waals surface area contributed by atoms with Gasteiger partial charge in [-0.2, -0.15) is 0 Å². The number of carbonyl (C=O) groups excluding carboxylic acids is 1. The number of Topliss-reactive ketones (excluding diaryl/α,β-unsaturated/α-hetero) is 1. The molecule has 1 saturated heterocycles. The first-order chi connectivity index (χ1) is 8.76. The van der Waals surface area contributed by atoms with Crippen LogP contribution in [0.15, 0.2) is 0 Å². The average Bonchev–Trinajstić information content (AvgIpc) is 2.38. The fourth-order valence-corrected chi connectivity index (χ4v) is 2.82. The van der Waals surface area contributed by atoms with E-state index < -0.39 is 0 Å². The molecule has 1 unspecified atom stereocenters. The summed E-state index contributed by atoms with van der Waals surface area (Å²) in [4.78, 5) is 12.0. The molecule has 18 heavy (non-hydrogen) atoms. The summed E-state index contributed by atoms with van der Waals surface area (Å²) in [6.45, 7) is 4.62. The minimum Gasteiger partial charge on any atom is -0.381 e. The van der Waals surface area contributed by atoms with E-state index >= 15 is 0 Å². The van der Waals surface area contributed by atoms with E-state index in [1.807, 2.05) is 0 Å². The van der Waals surface area contributed by atoms with Gasteiger partial charge in [0.05, 0.1) is 0 Å². The summed E-state index contributed by atoms with van der Waals surface area (Å²) in [5.74, 6) is 1.67. The first kappa shape index (κ1) is 15.6. The van der Waals surface area contributed by atoms with Gasteiger partial charge < -0.3 is 10.5 Å². The highest BCUT2D eigenvalue weighted by Gasteiger charge is 2.18. The first-order valence-electron chi connectivity index (χ1n) is 7.55. The number of nitrogens with two attached hydrogens (primary N) is 1. The molecule has 0 bridgehead atoms. The Morgan fingerprint density at radius 1 is 1.28 bits per heavy atom. The minimum atomic E-state index is 0.444. The van der Waals surface area contributed by atoms with E-state index in [0.717, 1.165) is 58.3 Å². The maximum Gasteiger partial charge on any atom is 0.133 e. The van der Waals surface area contributed by atoms with E-state index in [9.17, 15) is 4.79 Å². The van der Waals surface area contributed by atoms with Crippen molar-refractivity contribution in [2.45, 2.75) is 58.3 Å². The number of ketones is 1. The highest BCUT2D eigenvalue weighted by atomic mass is 16.5. The van der Waals surface area contributed by atoms with Crippen LogP contribution in [0.25, 0.3) is 0 Å². The maximum absolute atomic E-state index is 12.0. The predicted octanol–water partition coefficient (Wildman–Crippen LogP) is 2.92. The Morgan fingerprint density at radius 3 is 2.61 bits per heavy atom. The molecule has 106 valence electrons. The largest absolute Gasteiger partial charge is 0.381 e. The number of hydrogen-bond acceptors (Lipinski definition) is 3. The first-order valence-corrected chi connectivity index (χ1v) is 7.55. The summed E-state index contributed by atoms with van der Waals surface area (Å²) < 4.78 is 5.32. The third kappa shape index (κ3) is 6.50. The molecule has 0 aromatic heterocycles. The van der Waals surface area contributed by atoms with Gasteiger partial charge >= 0.3 is 0 Å². The molecule has 1 aliphatic heterocycles. The lowest BCUT2D eigenvalue weighted by Gasteiger charge is -2.21. The van der Waals surface area contributed by atoms with Crippen LogP contribution in [0.5, 0.6) is 0 Å². The van der Waals surface area contributed by atoms with Gasteiger partial charge in [-0.05, 0) is 44.1 Å². The van der Waals surface area contributed by atoms with Crippen molar-refractivity contribution < 1.29 is 9.53 Å². The van der Waals surface area contributed by atoms with E-state index in [0.29, 0.717) is 17.6 Å². The molecule has 1 atom stereocenters. The van der Waals surface area contributed by atoms with E-state index in [-0.39, 0.29) is 0 Å². The molecule has 0 aromatic rings. The Balaban J connectivity index is 2.17. The monoisotopic (exact) mass is 255 g/mol. The molecule has 0 radical (unpaired) electrons. The van der Waals surface area contributed by atoms with Crippen molar-refractivity contribution in [3.05, 3.63) is 0 Å². The molecular weight excluding hydrogens is 226 g/mol. The lowest BCUT2D eigenvalue weighted by Crippen LogP contribution is -2.19. The van der Waals surface area contributed by atoms with Gasteiger partial charge in [0.2, 0.25) is 0 Å². The molecule has 0 aromatic carbocycles. The summed E-state index contributed by atoms with van der Waals surface area (Å²) in [6.07, 6.45) is 8.15.